The van der Waals surface area contributed by atoms with Gasteiger partial charge in [-0.05, 0) is 29.8 Å². The summed E-state index contributed by atoms with van der Waals surface area (Å²) in [4.78, 5) is 33.1. The van der Waals surface area contributed by atoms with Crippen LogP contribution in [0.15, 0.2) is 42.5 Å². The summed E-state index contributed by atoms with van der Waals surface area (Å²) in [6, 6.07) is 10.5. The highest BCUT2D eigenvalue weighted by atomic mass is 16.4. The van der Waals surface area contributed by atoms with E-state index in [1.807, 2.05) is 0 Å². The molecule has 7 nitrogen and oxygen atoms in total. The molecule has 4 N–H and O–H groups in total. The monoisotopic (exact) mass is 315 g/mol. The molecule has 0 unspecified atom stereocenters. The van der Waals surface area contributed by atoms with Gasteiger partial charge < -0.3 is 20.6 Å². The molecule has 0 atom stereocenters. The van der Waals surface area contributed by atoms with E-state index < -0.39 is 17.9 Å². The minimum atomic E-state index is -1.35. The molecule has 0 saturated heterocycles. The molecule has 7 heteroatoms. The van der Waals surface area contributed by atoms with E-state index in [2.05, 4.69) is 5.32 Å². The maximum Gasteiger partial charge on any atom is 0.338 e. The van der Waals surface area contributed by atoms with Crippen molar-refractivity contribution in [2.24, 2.45) is 0 Å². The van der Waals surface area contributed by atoms with E-state index in [0.29, 0.717) is 11.3 Å². The Hall–Kier alpha value is -3.35. The first-order chi connectivity index (χ1) is 10.9. The van der Waals surface area contributed by atoms with Crippen molar-refractivity contribution in [3.05, 3.63) is 59.2 Å². The number of aromatic carboxylic acids is 2. The molecule has 0 aliphatic carbocycles. The van der Waals surface area contributed by atoms with E-state index in [-0.39, 0.29) is 23.2 Å². The third-order valence-corrected chi connectivity index (χ3v) is 3.10. The molecule has 0 amide bonds. The number of hydrogen-bond donors (Lipinski definition) is 4. The lowest BCUT2D eigenvalue weighted by Crippen LogP contribution is -2.11. The minimum Gasteiger partial charge on any atom is -0.481 e. The van der Waals surface area contributed by atoms with Crippen molar-refractivity contribution in [1.82, 2.24) is 0 Å². The Bertz CT molecular complexity index is 767. The first kappa shape index (κ1) is 16.0. The van der Waals surface area contributed by atoms with Gasteiger partial charge in [-0.2, -0.15) is 0 Å². The maximum absolute atomic E-state index is 11.3. The van der Waals surface area contributed by atoms with Crippen LogP contribution in [0.3, 0.4) is 0 Å². The predicted octanol–water partition coefficient (Wildman–Crippen LogP) is 2.45. The number of anilines is 2. The van der Waals surface area contributed by atoms with E-state index in [0.717, 1.165) is 0 Å². The third kappa shape index (κ3) is 3.85. The van der Waals surface area contributed by atoms with E-state index in [1.165, 1.54) is 18.2 Å². The summed E-state index contributed by atoms with van der Waals surface area (Å²) in [7, 11) is 0. The Morgan fingerprint density at radius 3 is 2.04 bits per heavy atom. The van der Waals surface area contributed by atoms with Crippen LogP contribution in [-0.4, -0.2) is 33.2 Å². The Morgan fingerprint density at radius 2 is 1.52 bits per heavy atom. The lowest BCUT2D eigenvalue weighted by atomic mass is 10.0. The van der Waals surface area contributed by atoms with Crippen molar-refractivity contribution in [3.8, 4) is 0 Å². The van der Waals surface area contributed by atoms with Gasteiger partial charge in [-0.25, -0.2) is 9.59 Å². The van der Waals surface area contributed by atoms with Gasteiger partial charge >= 0.3 is 17.9 Å². The highest BCUT2D eigenvalue weighted by Crippen LogP contribution is 2.24. The van der Waals surface area contributed by atoms with Gasteiger partial charge in [0.2, 0.25) is 0 Å². The Morgan fingerprint density at radius 1 is 0.870 bits per heavy atom. The van der Waals surface area contributed by atoms with Gasteiger partial charge in [0.15, 0.2) is 0 Å². The second-order valence-electron chi connectivity index (χ2n) is 4.73. The van der Waals surface area contributed by atoms with Crippen molar-refractivity contribution < 1.29 is 29.7 Å². The largest absolute Gasteiger partial charge is 0.481 e. The average Bonchev–Trinajstić information content (AvgIpc) is 2.48. The van der Waals surface area contributed by atoms with Gasteiger partial charge in [0.25, 0.3) is 0 Å². The molecule has 2 aromatic rings. The number of hydrogen-bond acceptors (Lipinski definition) is 4. The second kappa shape index (κ2) is 6.61. The molecule has 0 aliphatic rings. The molecule has 23 heavy (non-hydrogen) atoms. The Kier molecular flexibility index (Phi) is 4.61. The van der Waals surface area contributed by atoms with Gasteiger partial charge in [-0.15, -0.1) is 0 Å². The SMILES string of the molecule is O=C(O)Cc1ccc(Nc2cccc(C(=O)O)c2C(=O)O)cc1. The second-order valence-corrected chi connectivity index (χ2v) is 4.73. The summed E-state index contributed by atoms with van der Waals surface area (Å²) >= 11 is 0. The first-order valence-corrected chi connectivity index (χ1v) is 6.56. The zero-order valence-corrected chi connectivity index (χ0v) is 11.8. The summed E-state index contributed by atoms with van der Waals surface area (Å²) in [5.41, 5.74) is 0.605. The lowest BCUT2D eigenvalue weighted by Gasteiger charge is -2.12. The zero-order valence-electron chi connectivity index (χ0n) is 11.8. The molecular weight excluding hydrogens is 302 g/mol. The number of nitrogens with one attached hydrogen (secondary N) is 1. The van der Waals surface area contributed by atoms with Crippen LogP contribution in [0.4, 0.5) is 11.4 Å². The normalized spacial score (nSPS) is 10.1. The van der Waals surface area contributed by atoms with Crippen molar-refractivity contribution in [1.29, 1.82) is 0 Å². The molecule has 0 heterocycles. The Labute approximate surface area is 130 Å². The van der Waals surface area contributed by atoms with Crippen LogP contribution in [-0.2, 0) is 11.2 Å². The van der Waals surface area contributed by atoms with Gasteiger partial charge in [0.1, 0.15) is 0 Å². The van der Waals surface area contributed by atoms with Crippen LogP contribution in [0, 0.1) is 0 Å². The van der Waals surface area contributed by atoms with Gasteiger partial charge in [-0.3, -0.25) is 4.79 Å². The summed E-state index contributed by atoms with van der Waals surface area (Å²) < 4.78 is 0. The van der Waals surface area contributed by atoms with E-state index >= 15 is 0 Å². The van der Waals surface area contributed by atoms with E-state index in [1.54, 1.807) is 24.3 Å². The van der Waals surface area contributed by atoms with Crippen molar-refractivity contribution >= 4 is 29.3 Å². The van der Waals surface area contributed by atoms with Gasteiger partial charge in [0, 0.05) is 5.69 Å². The fourth-order valence-electron chi connectivity index (χ4n) is 2.10. The molecule has 0 radical (unpaired) electrons. The van der Waals surface area contributed by atoms with Crippen LogP contribution >= 0.6 is 0 Å². The smallest absolute Gasteiger partial charge is 0.338 e. The Balaban J connectivity index is 2.33. The number of carboxylic acids is 3. The number of aliphatic carboxylic acids is 1. The molecule has 0 fully saturated rings. The number of carbonyl (C=O) groups is 3. The predicted molar refractivity (Wildman–Crippen MR) is 81.4 cm³/mol. The minimum absolute atomic E-state index is 0.116. The van der Waals surface area contributed by atoms with Crippen LogP contribution in [0.5, 0.6) is 0 Å². The van der Waals surface area contributed by atoms with Crippen molar-refractivity contribution in [3.63, 3.8) is 0 Å². The fraction of sp³-hybridized carbons (Fsp3) is 0.0625. The quantitative estimate of drug-likeness (QED) is 0.645. The van der Waals surface area contributed by atoms with Crippen LogP contribution in [0.25, 0.3) is 0 Å². The lowest BCUT2D eigenvalue weighted by molar-refractivity contribution is -0.136. The molecule has 2 rings (SSSR count). The van der Waals surface area contributed by atoms with E-state index in [9.17, 15) is 19.5 Å². The summed E-state index contributed by atoms with van der Waals surface area (Å²) in [6.45, 7) is 0. The third-order valence-electron chi connectivity index (χ3n) is 3.10. The van der Waals surface area contributed by atoms with E-state index in [4.69, 9.17) is 10.2 Å². The number of benzene rings is 2. The number of rotatable bonds is 6. The highest BCUT2D eigenvalue weighted by Gasteiger charge is 2.20. The average molecular weight is 315 g/mol. The topological polar surface area (TPSA) is 124 Å². The fourth-order valence-corrected chi connectivity index (χ4v) is 2.10. The van der Waals surface area contributed by atoms with Crippen LogP contribution in [0.2, 0.25) is 0 Å². The number of carboxylic acid groups (broad SMARTS) is 3. The molecule has 118 valence electrons. The molecule has 2 aromatic carbocycles. The highest BCUT2D eigenvalue weighted by molar-refractivity contribution is 6.06. The summed E-state index contributed by atoms with van der Waals surface area (Å²) in [6.07, 6.45) is -0.116. The van der Waals surface area contributed by atoms with Crippen molar-refractivity contribution in [2.75, 3.05) is 5.32 Å². The molecule has 0 spiro atoms. The summed E-state index contributed by atoms with van der Waals surface area (Å²) in [5, 5.41) is 29.9. The maximum atomic E-state index is 11.3. The first-order valence-electron chi connectivity index (χ1n) is 6.56. The van der Waals surface area contributed by atoms with Gasteiger partial charge in [-0.1, -0.05) is 18.2 Å². The van der Waals surface area contributed by atoms with Crippen molar-refractivity contribution in [2.45, 2.75) is 6.42 Å². The zero-order chi connectivity index (χ0) is 17.0. The molecule has 0 aromatic heterocycles. The van der Waals surface area contributed by atoms with Crippen LogP contribution < -0.4 is 5.32 Å². The molecule has 0 bridgehead atoms. The molecular formula is C16H13NO6. The molecule has 0 saturated carbocycles. The van der Waals surface area contributed by atoms with Gasteiger partial charge in [0.05, 0.1) is 23.2 Å². The molecule has 0 aliphatic heterocycles. The van der Waals surface area contributed by atoms with Crippen LogP contribution in [0.1, 0.15) is 26.3 Å². The summed E-state index contributed by atoms with van der Waals surface area (Å²) in [5.74, 6) is -3.64. The standard InChI is InChI=1S/C16H13NO6/c18-13(19)8-9-4-6-10(7-5-9)17-12-3-1-2-11(15(20)21)14(12)16(22)23/h1-7,17H,8H2,(H,18,19)(H,20,21)(H,22,23).